The lowest BCUT2D eigenvalue weighted by molar-refractivity contribution is 0.0591. The van der Waals surface area contributed by atoms with Crippen LogP contribution in [0.4, 0.5) is 22.4 Å². The molecule has 1 aromatic carbocycles. The Morgan fingerprint density at radius 1 is 0.621 bits per heavy atom. The van der Waals surface area contributed by atoms with Crippen LogP contribution in [-0.2, 0) is 11.3 Å². The first-order valence-corrected chi connectivity index (χ1v) is 27.0. The van der Waals surface area contributed by atoms with Crippen LogP contribution in [0.15, 0.2) is 117 Å². The third-order valence-electron chi connectivity index (χ3n) is 12.2. The first-order valence-electron chi connectivity index (χ1n) is 27.0. The summed E-state index contributed by atoms with van der Waals surface area (Å²) < 4.78 is 83.3. The van der Waals surface area contributed by atoms with E-state index in [9.17, 15) is 31.9 Å². The van der Waals surface area contributed by atoms with Gasteiger partial charge < -0.3 is 39.2 Å². The molecule has 9 rings (SSSR count). The van der Waals surface area contributed by atoms with Gasteiger partial charge in [0, 0.05) is 75.0 Å². The molecule has 3 amide bonds. The standard InChI is InChI=1S/C30H28F2N6O5.C23H23F2N5O3.C11H4.H2/c1-2-41-26-11-22(31)15-36-29(26)43-23-10-20(12-33-16-23)27-34-13-21(14-35-27)28(39)37-25-17-38(9-8-24(25)32)30(40)42-18-19-6-4-3-5-7-19;1-2-32-20-8-16(24)12-29-23(20)33-17-7-14(9-26-13-17)21-27-10-15(11-28-21)22(31)30-19-6-4-3-5-18(19)25;1-3-5-7-9-11-10-8-6-4-2;/h3-7,10-16,24-25H,2,8-9,17-18H2,1H3,(H,37,39);7-13,18-19H,2-6H2,1H3,(H,30,31);1H,2H3;1H/t24-,25+;18-,19+;;/m00../s1. The summed E-state index contributed by atoms with van der Waals surface area (Å²) in [4.78, 5) is 72.3. The van der Waals surface area contributed by atoms with Crippen LogP contribution < -0.4 is 29.6 Å². The average Bonchev–Trinajstić information content (AvgIpc) is 3.58. The molecule has 1 saturated carbocycles. The highest BCUT2D eigenvalue weighted by atomic mass is 19.1. The first kappa shape index (κ1) is 63.5. The number of amides is 3. The Morgan fingerprint density at radius 3 is 1.62 bits per heavy atom. The number of carbonyl (C=O) groups excluding carboxylic acids is 3. The van der Waals surface area contributed by atoms with Crippen LogP contribution in [0.5, 0.6) is 34.8 Å². The summed E-state index contributed by atoms with van der Waals surface area (Å²) in [5.41, 5.74) is 2.20. The van der Waals surface area contributed by atoms with Gasteiger partial charge in [-0.25, -0.2) is 52.3 Å². The number of carbonyl (C=O) groups is 3. The van der Waals surface area contributed by atoms with Gasteiger partial charge in [-0.2, -0.15) is 0 Å². The molecule has 4 atom stereocenters. The van der Waals surface area contributed by atoms with Crippen molar-refractivity contribution in [3.63, 3.8) is 0 Å². The van der Waals surface area contributed by atoms with Gasteiger partial charge >= 0.3 is 6.09 Å². The molecule has 2 fully saturated rings. The second kappa shape index (κ2) is 33.3. The quantitative estimate of drug-likeness (QED) is 0.0677. The van der Waals surface area contributed by atoms with E-state index >= 15 is 0 Å². The van der Waals surface area contributed by atoms with Crippen molar-refractivity contribution in [3.8, 4) is 117 Å². The molecule has 444 valence electrons. The fraction of sp³-hybridized carbons (Fsp3) is 0.266. The summed E-state index contributed by atoms with van der Waals surface area (Å²) in [6, 6.07) is 13.4. The number of nitrogens with zero attached hydrogens (tertiary/aromatic N) is 9. The molecule has 0 radical (unpaired) electrons. The lowest BCUT2D eigenvalue weighted by atomic mass is 9.93. The van der Waals surface area contributed by atoms with Crippen LogP contribution in [-0.4, -0.2) is 113 Å². The molecule has 1 aliphatic carbocycles. The number of rotatable bonds is 16. The van der Waals surface area contributed by atoms with Crippen molar-refractivity contribution in [1.29, 1.82) is 0 Å². The van der Waals surface area contributed by atoms with Crippen molar-refractivity contribution in [2.75, 3.05) is 26.3 Å². The number of hydrogen-bond donors (Lipinski definition) is 2. The molecule has 7 heterocycles. The molecule has 6 aromatic heterocycles. The Bertz CT molecular complexity index is 3800. The van der Waals surface area contributed by atoms with Crippen molar-refractivity contribution in [2.24, 2.45) is 0 Å². The number of benzene rings is 1. The van der Waals surface area contributed by atoms with Crippen molar-refractivity contribution in [1.82, 2.24) is 55.4 Å². The number of alkyl halides is 2. The van der Waals surface area contributed by atoms with E-state index in [-0.39, 0.29) is 73.5 Å². The highest BCUT2D eigenvalue weighted by Crippen LogP contribution is 2.33. The van der Waals surface area contributed by atoms with Crippen LogP contribution in [0, 0.1) is 71.3 Å². The van der Waals surface area contributed by atoms with Crippen molar-refractivity contribution < 1.29 is 57.1 Å². The molecule has 2 N–H and O–H groups in total. The Hall–Kier alpha value is -11.1. The smallest absolute Gasteiger partial charge is 0.410 e. The number of nitrogens with one attached hydrogen (secondary N) is 2. The maximum absolute atomic E-state index is 14.7. The second-order valence-electron chi connectivity index (χ2n) is 18.4. The fourth-order valence-corrected chi connectivity index (χ4v) is 8.14. The summed E-state index contributed by atoms with van der Waals surface area (Å²) in [5, 5.41) is 5.37. The highest BCUT2D eigenvalue weighted by Gasteiger charge is 2.34. The van der Waals surface area contributed by atoms with E-state index in [1.54, 1.807) is 39.1 Å². The maximum Gasteiger partial charge on any atom is 0.410 e. The molecule has 23 heteroatoms. The molecule has 1 aliphatic heterocycles. The van der Waals surface area contributed by atoms with Gasteiger partial charge in [-0.3, -0.25) is 19.6 Å². The van der Waals surface area contributed by atoms with Gasteiger partial charge in [0.15, 0.2) is 23.1 Å². The summed E-state index contributed by atoms with van der Waals surface area (Å²) in [6.45, 7) is 6.08. The fourth-order valence-electron chi connectivity index (χ4n) is 8.14. The average molecular weight is 1180 g/mol. The summed E-state index contributed by atoms with van der Waals surface area (Å²) in [7, 11) is 0. The van der Waals surface area contributed by atoms with Crippen molar-refractivity contribution in [3.05, 3.63) is 145 Å². The van der Waals surface area contributed by atoms with Crippen molar-refractivity contribution >= 4 is 17.9 Å². The number of terminal acetylenes is 1. The lowest BCUT2D eigenvalue weighted by Gasteiger charge is -2.34. The minimum Gasteiger partial charge on any atom is -0.488 e. The largest absolute Gasteiger partial charge is 0.488 e. The molecular weight excluding hydrogens is 1130 g/mol. The predicted octanol–water partition coefficient (Wildman–Crippen LogP) is 9.92. The lowest BCUT2D eigenvalue weighted by Crippen LogP contribution is -2.55. The zero-order chi connectivity index (χ0) is 61.8. The van der Waals surface area contributed by atoms with Crippen LogP contribution in [0.1, 0.15) is 80.6 Å². The number of ether oxygens (including phenoxy) is 5. The van der Waals surface area contributed by atoms with E-state index < -0.39 is 54.0 Å². The van der Waals surface area contributed by atoms with Crippen LogP contribution in [0.25, 0.3) is 22.8 Å². The summed E-state index contributed by atoms with van der Waals surface area (Å²) in [5.74, 6) is 21.5. The number of piperidine rings is 1. The second-order valence-corrected chi connectivity index (χ2v) is 18.4. The van der Waals surface area contributed by atoms with E-state index in [1.165, 1.54) is 60.4 Å². The molecule has 0 bridgehead atoms. The van der Waals surface area contributed by atoms with E-state index in [1.807, 2.05) is 30.3 Å². The van der Waals surface area contributed by atoms with Gasteiger partial charge in [-0.1, -0.05) is 49.1 Å². The van der Waals surface area contributed by atoms with Gasteiger partial charge in [0.05, 0.1) is 61.2 Å². The molecule has 0 unspecified atom stereocenters. The maximum atomic E-state index is 14.7. The molecular formula is C64H57F4N11O8. The topological polar surface area (TPSA) is 228 Å². The molecule has 0 spiro atoms. The minimum absolute atomic E-state index is 0. The Kier molecular flexibility index (Phi) is 24.3. The van der Waals surface area contributed by atoms with E-state index in [4.69, 9.17) is 30.1 Å². The Morgan fingerprint density at radius 2 is 1.11 bits per heavy atom. The molecule has 7 aromatic rings. The SMILES string of the molecule is C#CC#CC#CC#CC#CC.CCOc1cc(F)cnc1Oc1cncc(-c2ncc(C(=O)N[C@@H]3CCCC[C@@H]3F)cn2)c1.CCOc1cc(F)cnc1Oc1cncc(-c2ncc(C(=O)N[C@@H]3CN(C(=O)OCc4ccccc4)CC[C@@H]3F)cn2)c1.[HH]. The third kappa shape index (κ3) is 19.8. The number of halogens is 4. The minimum atomic E-state index is -1.34. The van der Waals surface area contributed by atoms with Gasteiger partial charge in [0.25, 0.3) is 23.6 Å². The zero-order valence-corrected chi connectivity index (χ0v) is 47.2. The highest BCUT2D eigenvalue weighted by molar-refractivity contribution is 5.94. The van der Waals surface area contributed by atoms with Gasteiger partial charge in [0.2, 0.25) is 0 Å². The van der Waals surface area contributed by atoms with E-state index in [2.05, 4.69) is 104 Å². The Balaban J connectivity index is 0.000000243. The number of hydrogen-bond acceptors (Lipinski definition) is 16. The molecule has 1 saturated heterocycles. The van der Waals surface area contributed by atoms with Crippen LogP contribution in [0.2, 0.25) is 0 Å². The normalized spacial score (nSPS) is 15.3. The first-order chi connectivity index (χ1) is 42.3. The van der Waals surface area contributed by atoms with Crippen LogP contribution >= 0.6 is 0 Å². The van der Waals surface area contributed by atoms with Crippen molar-refractivity contribution in [2.45, 2.75) is 83.9 Å². The van der Waals surface area contributed by atoms with Gasteiger partial charge in [-0.05, 0) is 105 Å². The summed E-state index contributed by atoms with van der Waals surface area (Å²) >= 11 is 0. The number of likely N-dealkylation sites (tertiary alicyclic amines) is 1. The van der Waals surface area contributed by atoms with E-state index in [0.29, 0.717) is 48.8 Å². The monoisotopic (exact) mass is 1180 g/mol. The summed E-state index contributed by atoms with van der Waals surface area (Å²) in [6.07, 6.45) is 18.1. The third-order valence-corrected chi connectivity index (χ3v) is 12.2. The molecule has 2 aliphatic rings. The molecule has 87 heavy (non-hydrogen) atoms. The van der Waals surface area contributed by atoms with Gasteiger partial charge in [-0.15, -0.1) is 6.42 Å². The van der Waals surface area contributed by atoms with E-state index in [0.717, 1.165) is 30.8 Å². The number of pyridine rings is 4. The van der Waals surface area contributed by atoms with Crippen LogP contribution in [0.3, 0.4) is 0 Å². The van der Waals surface area contributed by atoms with Gasteiger partial charge in [0.1, 0.15) is 42.1 Å². The number of aromatic nitrogens is 8. The Labute approximate surface area is 501 Å². The molecule has 19 nitrogen and oxygen atoms in total. The zero-order valence-electron chi connectivity index (χ0n) is 47.2. The predicted molar refractivity (Wildman–Crippen MR) is 313 cm³/mol.